The average Bonchev–Trinajstić information content (AvgIpc) is 2.82. The lowest BCUT2D eigenvalue weighted by atomic mass is 9.87. The summed E-state index contributed by atoms with van der Waals surface area (Å²) in [6.45, 7) is 0. The molecular formula is C25H20ClF3N2O4. The standard InChI is InChI=1S/C25H20ClF3N2O4/c1-30(24(34)25(27,28)29)17-7-9-18(10-8-17)31-22(33)12-15-11-21(35-2)20(32)13-19(15)23(31)14-3-5-16(26)6-4-14/h3-11,13,23,32H,12H2,1-2H3. The smallest absolute Gasteiger partial charge is 0.471 e. The molecule has 35 heavy (non-hydrogen) atoms. The molecular weight excluding hydrogens is 485 g/mol. The van der Waals surface area contributed by atoms with E-state index in [1.165, 1.54) is 42.3 Å². The normalized spacial score (nSPS) is 15.5. The molecule has 0 spiro atoms. The van der Waals surface area contributed by atoms with Crippen LogP contribution in [-0.2, 0) is 16.0 Å². The molecule has 1 aliphatic heterocycles. The summed E-state index contributed by atoms with van der Waals surface area (Å²) >= 11 is 6.05. The van der Waals surface area contributed by atoms with Crippen molar-refractivity contribution in [2.24, 2.45) is 0 Å². The zero-order chi connectivity index (χ0) is 25.5. The fraction of sp³-hybridized carbons (Fsp3) is 0.200. The van der Waals surface area contributed by atoms with Crippen molar-refractivity contribution in [3.8, 4) is 11.5 Å². The van der Waals surface area contributed by atoms with Crippen LogP contribution in [0.4, 0.5) is 24.5 Å². The number of fused-ring (bicyclic) bond motifs is 1. The van der Waals surface area contributed by atoms with E-state index >= 15 is 0 Å². The number of aromatic hydroxyl groups is 1. The van der Waals surface area contributed by atoms with E-state index in [1.807, 2.05) is 0 Å². The Kier molecular flexibility index (Phi) is 6.38. The summed E-state index contributed by atoms with van der Waals surface area (Å²) in [6.07, 6.45) is -4.99. The molecule has 182 valence electrons. The summed E-state index contributed by atoms with van der Waals surface area (Å²) in [5, 5.41) is 10.9. The maximum atomic E-state index is 13.3. The van der Waals surface area contributed by atoms with Gasteiger partial charge < -0.3 is 19.6 Å². The molecule has 1 atom stereocenters. The van der Waals surface area contributed by atoms with Gasteiger partial charge >= 0.3 is 12.1 Å². The van der Waals surface area contributed by atoms with Gasteiger partial charge in [0.1, 0.15) is 0 Å². The van der Waals surface area contributed by atoms with E-state index in [2.05, 4.69) is 0 Å². The lowest BCUT2D eigenvalue weighted by Gasteiger charge is -2.38. The third kappa shape index (κ3) is 4.64. The number of anilines is 2. The minimum atomic E-state index is -5.01. The number of benzene rings is 3. The van der Waals surface area contributed by atoms with Gasteiger partial charge in [-0.05, 0) is 65.2 Å². The molecule has 4 rings (SSSR count). The van der Waals surface area contributed by atoms with Crippen molar-refractivity contribution in [2.45, 2.75) is 18.6 Å². The summed E-state index contributed by atoms with van der Waals surface area (Å²) in [6, 6.07) is 15.0. The molecule has 1 heterocycles. The summed E-state index contributed by atoms with van der Waals surface area (Å²) in [5.74, 6) is -2.13. The van der Waals surface area contributed by atoms with Crippen LogP contribution in [-0.4, -0.2) is 37.3 Å². The third-order valence-corrected chi connectivity index (χ3v) is 6.10. The first-order valence-corrected chi connectivity index (χ1v) is 10.8. The van der Waals surface area contributed by atoms with Gasteiger partial charge in [-0.25, -0.2) is 0 Å². The van der Waals surface area contributed by atoms with Crippen molar-refractivity contribution in [1.82, 2.24) is 0 Å². The van der Waals surface area contributed by atoms with Crippen molar-refractivity contribution >= 4 is 34.8 Å². The molecule has 0 bridgehead atoms. The van der Waals surface area contributed by atoms with Gasteiger partial charge in [-0.3, -0.25) is 9.59 Å². The first-order chi connectivity index (χ1) is 16.5. The number of hydrogen-bond acceptors (Lipinski definition) is 4. The molecule has 0 aliphatic carbocycles. The fourth-order valence-corrected chi connectivity index (χ4v) is 4.27. The molecule has 0 saturated heterocycles. The highest BCUT2D eigenvalue weighted by Crippen LogP contribution is 2.43. The first-order valence-electron chi connectivity index (χ1n) is 10.4. The fourth-order valence-electron chi connectivity index (χ4n) is 4.14. The van der Waals surface area contributed by atoms with Crippen LogP contribution in [0, 0.1) is 0 Å². The van der Waals surface area contributed by atoms with Gasteiger partial charge in [-0.2, -0.15) is 13.2 Å². The highest BCUT2D eigenvalue weighted by molar-refractivity contribution is 6.30. The number of alkyl halides is 3. The molecule has 0 radical (unpaired) electrons. The Hall–Kier alpha value is -3.72. The molecule has 3 aromatic carbocycles. The Morgan fingerprint density at radius 2 is 1.74 bits per heavy atom. The van der Waals surface area contributed by atoms with E-state index in [4.69, 9.17) is 16.3 Å². The molecule has 0 aromatic heterocycles. The van der Waals surface area contributed by atoms with Gasteiger partial charge in [0.2, 0.25) is 5.91 Å². The predicted octanol–water partition coefficient (Wildman–Crippen LogP) is 5.26. The summed E-state index contributed by atoms with van der Waals surface area (Å²) in [7, 11) is 2.44. The van der Waals surface area contributed by atoms with Crippen LogP contribution in [0.15, 0.2) is 60.7 Å². The van der Waals surface area contributed by atoms with Crippen LogP contribution in [0.25, 0.3) is 0 Å². The second kappa shape index (κ2) is 9.14. The quantitative estimate of drug-likeness (QED) is 0.526. The average molecular weight is 505 g/mol. The SMILES string of the molecule is COc1cc2c(cc1O)C(c1ccc(Cl)cc1)N(c1ccc(N(C)C(=O)C(F)(F)F)cc1)C(=O)C2. The molecule has 1 unspecified atom stereocenters. The topological polar surface area (TPSA) is 70.1 Å². The Morgan fingerprint density at radius 3 is 2.31 bits per heavy atom. The van der Waals surface area contributed by atoms with Crippen molar-refractivity contribution in [3.05, 3.63) is 82.4 Å². The Labute approximate surface area is 204 Å². The van der Waals surface area contributed by atoms with Gasteiger partial charge in [0.25, 0.3) is 0 Å². The lowest BCUT2D eigenvalue weighted by molar-refractivity contribution is -0.170. The van der Waals surface area contributed by atoms with E-state index in [1.54, 1.807) is 30.3 Å². The van der Waals surface area contributed by atoms with Crippen LogP contribution < -0.4 is 14.5 Å². The van der Waals surface area contributed by atoms with Gasteiger partial charge in [-0.15, -0.1) is 0 Å². The number of amides is 2. The Balaban J connectivity index is 1.79. The molecule has 1 N–H and O–H groups in total. The number of ether oxygens (including phenoxy) is 1. The molecule has 0 saturated carbocycles. The van der Waals surface area contributed by atoms with Crippen LogP contribution in [0.1, 0.15) is 22.7 Å². The number of carbonyl (C=O) groups excluding carboxylic acids is 2. The monoisotopic (exact) mass is 504 g/mol. The van der Waals surface area contributed by atoms with E-state index in [9.17, 15) is 27.9 Å². The number of hydrogen-bond donors (Lipinski definition) is 1. The van der Waals surface area contributed by atoms with Crippen LogP contribution in [0.3, 0.4) is 0 Å². The van der Waals surface area contributed by atoms with Crippen LogP contribution in [0.5, 0.6) is 11.5 Å². The highest BCUT2D eigenvalue weighted by Gasteiger charge is 2.42. The molecule has 2 amide bonds. The number of halogens is 4. The molecule has 1 aliphatic rings. The van der Waals surface area contributed by atoms with E-state index < -0.39 is 18.1 Å². The number of rotatable bonds is 4. The largest absolute Gasteiger partial charge is 0.504 e. The third-order valence-electron chi connectivity index (χ3n) is 5.85. The number of nitrogens with zero attached hydrogens (tertiary/aromatic N) is 2. The van der Waals surface area contributed by atoms with Gasteiger partial charge in [0, 0.05) is 23.4 Å². The van der Waals surface area contributed by atoms with Crippen LogP contribution >= 0.6 is 11.6 Å². The van der Waals surface area contributed by atoms with E-state index in [0.717, 1.165) is 7.05 Å². The highest BCUT2D eigenvalue weighted by atomic mass is 35.5. The second-order valence-electron chi connectivity index (χ2n) is 8.00. The van der Waals surface area contributed by atoms with Crippen LogP contribution in [0.2, 0.25) is 5.02 Å². The van der Waals surface area contributed by atoms with Gasteiger partial charge in [0.15, 0.2) is 11.5 Å². The van der Waals surface area contributed by atoms with Crippen molar-refractivity contribution in [2.75, 3.05) is 24.0 Å². The minimum Gasteiger partial charge on any atom is -0.504 e. The van der Waals surface area contributed by atoms with Crippen molar-refractivity contribution in [3.63, 3.8) is 0 Å². The lowest BCUT2D eigenvalue weighted by Crippen LogP contribution is -2.41. The molecule has 3 aromatic rings. The van der Waals surface area contributed by atoms with Gasteiger partial charge in [-0.1, -0.05) is 23.7 Å². The van der Waals surface area contributed by atoms with Crippen molar-refractivity contribution < 1.29 is 32.6 Å². The van der Waals surface area contributed by atoms with Gasteiger partial charge in [0.05, 0.1) is 19.6 Å². The minimum absolute atomic E-state index is 0.0181. The van der Waals surface area contributed by atoms with Crippen molar-refractivity contribution in [1.29, 1.82) is 0 Å². The number of carbonyl (C=O) groups is 2. The number of phenolic OH excluding ortho intramolecular Hbond substituents is 1. The Bertz CT molecular complexity index is 1280. The first kappa shape index (κ1) is 24.4. The maximum absolute atomic E-state index is 13.3. The van der Waals surface area contributed by atoms with E-state index in [-0.39, 0.29) is 29.5 Å². The number of methoxy groups -OCH3 is 1. The Morgan fingerprint density at radius 1 is 1.11 bits per heavy atom. The zero-order valence-corrected chi connectivity index (χ0v) is 19.4. The van der Waals surface area contributed by atoms with E-state index in [0.29, 0.717) is 32.3 Å². The molecule has 0 fully saturated rings. The number of phenols is 1. The molecule has 10 heteroatoms. The molecule has 6 nitrogen and oxygen atoms in total. The second-order valence-corrected chi connectivity index (χ2v) is 8.43. The maximum Gasteiger partial charge on any atom is 0.471 e. The predicted molar refractivity (Wildman–Crippen MR) is 125 cm³/mol. The summed E-state index contributed by atoms with van der Waals surface area (Å²) in [5.41, 5.74) is 2.48. The zero-order valence-electron chi connectivity index (χ0n) is 18.6. The summed E-state index contributed by atoms with van der Waals surface area (Å²) < 4.78 is 43.6. The summed E-state index contributed by atoms with van der Waals surface area (Å²) in [4.78, 5) is 26.9.